The maximum absolute atomic E-state index is 12.7. The first kappa shape index (κ1) is 35.0. The fourth-order valence-electron chi connectivity index (χ4n) is 3.84. The molecule has 6 nitrogen and oxygen atoms in total. The second-order valence-corrected chi connectivity index (χ2v) is 11.0. The first-order valence-electron chi connectivity index (χ1n) is 14.5. The molecule has 0 aliphatic rings. The van der Waals surface area contributed by atoms with Gasteiger partial charge in [-0.25, -0.2) is 0 Å². The van der Waals surface area contributed by atoms with Crippen molar-refractivity contribution in [2.75, 3.05) is 52.7 Å². The van der Waals surface area contributed by atoms with Crippen molar-refractivity contribution in [1.82, 2.24) is 9.80 Å². The summed E-state index contributed by atoms with van der Waals surface area (Å²) in [7, 11) is 4.06. The average Bonchev–Trinajstić information content (AvgIpc) is 2.85. The summed E-state index contributed by atoms with van der Waals surface area (Å²) in [5.41, 5.74) is 0. The SMILES string of the molecule is CCCCCC/C=C\COC(=O)CCCCCCCN(CCCCCCCO)C(=O)SCCN(C)C. The zero-order valence-corrected chi connectivity index (χ0v) is 24.5. The normalized spacial score (nSPS) is 11.5. The lowest BCUT2D eigenvalue weighted by molar-refractivity contribution is -0.142. The molecule has 0 saturated carbocycles. The largest absolute Gasteiger partial charge is 0.461 e. The van der Waals surface area contributed by atoms with E-state index in [9.17, 15) is 9.59 Å². The smallest absolute Gasteiger partial charge is 0.306 e. The molecule has 0 rings (SSSR count). The van der Waals surface area contributed by atoms with E-state index in [1.165, 1.54) is 37.4 Å². The molecule has 0 aromatic rings. The molecule has 0 saturated heterocycles. The fourth-order valence-corrected chi connectivity index (χ4v) is 4.83. The Hall–Kier alpha value is -1.05. The number of thioether (sulfide) groups is 1. The zero-order chi connectivity index (χ0) is 26.7. The third kappa shape index (κ3) is 24.6. The van der Waals surface area contributed by atoms with Gasteiger partial charge >= 0.3 is 5.97 Å². The number of aliphatic hydroxyl groups is 1. The maximum Gasteiger partial charge on any atom is 0.306 e. The van der Waals surface area contributed by atoms with Crippen LogP contribution in [0.2, 0.25) is 0 Å². The Morgan fingerprint density at radius 3 is 2.03 bits per heavy atom. The number of nitrogens with zero attached hydrogens (tertiary/aromatic N) is 2. The van der Waals surface area contributed by atoms with Crippen LogP contribution in [0.1, 0.15) is 110 Å². The summed E-state index contributed by atoms with van der Waals surface area (Å²) < 4.78 is 5.28. The number of carbonyl (C=O) groups is 2. The van der Waals surface area contributed by atoms with Crippen LogP contribution in [0.25, 0.3) is 0 Å². The summed E-state index contributed by atoms with van der Waals surface area (Å²) in [6.45, 7) is 5.42. The number of allylic oxidation sites excluding steroid dienone is 1. The molecule has 212 valence electrons. The Morgan fingerprint density at radius 1 is 0.778 bits per heavy atom. The number of hydrogen-bond donors (Lipinski definition) is 1. The predicted molar refractivity (Wildman–Crippen MR) is 155 cm³/mol. The second-order valence-electron chi connectivity index (χ2n) is 9.92. The van der Waals surface area contributed by atoms with Gasteiger partial charge in [-0.15, -0.1) is 0 Å². The molecular weight excluding hydrogens is 472 g/mol. The Bertz CT molecular complexity index is 543. The van der Waals surface area contributed by atoms with Crippen LogP contribution in [-0.2, 0) is 9.53 Å². The molecule has 1 N–H and O–H groups in total. The Balaban J connectivity index is 3.95. The van der Waals surface area contributed by atoms with Crippen molar-refractivity contribution in [3.8, 4) is 0 Å². The highest BCUT2D eigenvalue weighted by Crippen LogP contribution is 2.14. The van der Waals surface area contributed by atoms with Gasteiger partial charge in [0.05, 0.1) is 0 Å². The molecule has 0 fully saturated rings. The molecule has 7 heteroatoms. The lowest BCUT2D eigenvalue weighted by Gasteiger charge is -2.22. The average molecular weight is 529 g/mol. The summed E-state index contributed by atoms with van der Waals surface area (Å²) in [5, 5.41) is 9.10. The van der Waals surface area contributed by atoms with Crippen molar-refractivity contribution in [3.05, 3.63) is 12.2 Å². The van der Waals surface area contributed by atoms with Crippen molar-refractivity contribution in [3.63, 3.8) is 0 Å². The minimum atomic E-state index is -0.101. The van der Waals surface area contributed by atoms with Crippen LogP contribution >= 0.6 is 11.8 Å². The van der Waals surface area contributed by atoms with Crippen LogP contribution in [0.4, 0.5) is 4.79 Å². The number of esters is 1. The first-order valence-corrected chi connectivity index (χ1v) is 15.5. The Labute approximate surface area is 226 Å². The zero-order valence-electron chi connectivity index (χ0n) is 23.7. The van der Waals surface area contributed by atoms with Gasteiger partial charge in [0.15, 0.2) is 0 Å². The molecule has 0 unspecified atom stereocenters. The number of unbranched alkanes of at least 4 members (excludes halogenated alkanes) is 12. The van der Waals surface area contributed by atoms with Gasteiger partial charge in [-0.05, 0) is 52.6 Å². The molecule has 1 amide bonds. The van der Waals surface area contributed by atoms with E-state index >= 15 is 0 Å². The number of amides is 1. The van der Waals surface area contributed by atoms with E-state index in [1.54, 1.807) is 0 Å². The molecule has 0 bridgehead atoms. The molecule has 0 aliphatic heterocycles. The topological polar surface area (TPSA) is 70.1 Å². The van der Waals surface area contributed by atoms with E-state index in [2.05, 4.69) is 17.9 Å². The van der Waals surface area contributed by atoms with Crippen molar-refractivity contribution in [2.24, 2.45) is 0 Å². The number of aliphatic hydroxyl groups excluding tert-OH is 1. The highest BCUT2D eigenvalue weighted by Gasteiger charge is 2.13. The highest BCUT2D eigenvalue weighted by molar-refractivity contribution is 8.13. The lowest BCUT2D eigenvalue weighted by atomic mass is 10.1. The molecule has 0 spiro atoms. The van der Waals surface area contributed by atoms with Crippen LogP contribution in [0, 0.1) is 0 Å². The Kier molecular flexibility index (Phi) is 26.2. The molecular formula is C29H56N2O4S. The van der Waals surface area contributed by atoms with Crippen LogP contribution in [0.5, 0.6) is 0 Å². The van der Waals surface area contributed by atoms with Crippen molar-refractivity contribution in [1.29, 1.82) is 0 Å². The number of rotatable bonds is 25. The summed E-state index contributed by atoms with van der Waals surface area (Å²) in [6, 6.07) is 0. The molecule has 0 atom stereocenters. The molecule has 0 aliphatic carbocycles. The van der Waals surface area contributed by atoms with E-state index < -0.39 is 0 Å². The quantitative estimate of drug-likeness (QED) is 0.0777. The fraction of sp³-hybridized carbons (Fsp3) is 0.862. The third-order valence-corrected chi connectivity index (χ3v) is 7.04. The summed E-state index contributed by atoms with van der Waals surface area (Å²) in [4.78, 5) is 28.7. The number of carbonyl (C=O) groups excluding carboxylic acids is 2. The van der Waals surface area contributed by atoms with Crippen molar-refractivity contribution < 1.29 is 19.4 Å². The molecule has 0 radical (unpaired) electrons. The van der Waals surface area contributed by atoms with Crippen LogP contribution in [-0.4, -0.2) is 78.8 Å². The van der Waals surface area contributed by atoms with E-state index in [1.807, 2.05) is 25.1 Å². The van der Waals surface area contributed by atoms with E-state index in [-0.39, 0.29) is 17.8 Å². The minimum absolute atomic E-state index is 0.101. The number of ether oxygens (including phenoxy) is 1. The molecule has 0 heterocycles. The summed E-state index contributed by atoms with van der Waals surface area (Å²) in [6.07, 6.45) is 20.9. The minimum Gasteiger partial charge on any atom is -0.461 e. The van der Waals surface area contributed by atoms with Crippen molar-refractivity contribution in [2.45, 2.75) is 110 Å². The van der Waals surface area contributed by atoms with Gasteiger partial charge in [0, 0.05) is 38.4 Å². The monoisotopic (exact) mass is 528 g/mol. The second kappa shape index (κ2) is 27.0. The van der Waals surface area contributed by atoms with E-state index in [0.717, 1.165) is 96.0 Å². The van der Waals surface area contributed by atoms with E-state index in [4.69, 9.17) is 9.84 Å². The standard InChI is InChI=1S/C29H56N2O4S/c1-4-5-6-7-8-15-20-26-35-28(33)21-16-11-9-12-17-22-31(23-18-13-10-14-19-25-32)29(34)36-27-24-30(2)3/h15,20,32H,4-14,16-19,21-27H2,1-3H3/b20-15-. The van der Waals surface area contributed by atoms with Crippen LogP contribution in [0.3, 0.4) is 0 Å². The van der Waals surface area contributed by atoms with Gasteiger partial charge in [0.2, 0.25) is 0 Å². The van der Waals surface area contributed by atoms with Gasteiger partial charge in [-0.3, -0.25) is 9.59 Å². The molecule has 36 heavy (non-hydrogen) atoms. The van der Waals surface area contributed by atoms with Gasteiger partial charge in [0.25, 0.3) is 5.24 Å². The summed E-state index contributed by atoms with van der Waals surface area (Å²) in [5.74, 6) is 0.722. The third-order valence-electron chi connectivity index (χ3n) is 6.15. The van der Waals surface area contributed by atoms with Gasteiger partial charge < -0.3 is 19.6 Å². The van der Waals surface area contributed by atoms with Gasteiger partial charge in [-0.1, -0.05) is 88.6 Å². The maximum atomic E-state index is 12.7. The van der Waals surface area contributed by atoms with Crippen LogP contribution < -0.4 is 0 Å². The lowest BCUT2D eigenvalue weighted by Crippen LogP contribution is -2.30. The first-order chi connectivity index (χ1) is 17.5. The summed E-state index contributed by atoms with van der Waals surface area (Å²) >= 11 is 1.43. The molecule has 0 aromatic heterocycles. The van der Waals surface area contributed by atoms with Crippen LogP contribution in [0.15, 0.2) is 12.2 Å². The number of hydrogen-bond acceptors (Lipinski definition) is 6. The Morgan fingerprint density at radius 2 is 1.39 bits per heavy atom. The van der Waals surface area contributed by atoms with Crippen molar-refractivity contribution >= 4 is 23.0 Å². The molecule has 0 aromatic carbocycles. The van der Waals surface area contributed by atoms with Gasteiger partial charge in [0.1, 0.15) is 6.61 Å². The predicted octanol–water partition coefficient (Wildman–Crippen LogP) is 7.06. The highest BCUT2D eigenvalue weighted by atomic mass is 32.2. The van der Waals surface area contributed by atoms with E-state index in [0.29, 0.717) is 13.0 Å². The van der Waals surface area contributed by atoms with Gasteiger partial charge in [-0.2, -0.15) is 0 Å².